The van der Waals surface area contributed by atoms with Gasteiger partial charge in [-0.3, -0.25) is 4.79 Å². The van der Waals surface area contributed by atoms with E-state index in [2.05, 4.69) is 23.7 Å². The first-order chi connectivity index (χ1) is 6.74. The molecule has 0 aromatic carbocycles. The first-order valence-corrected chi connectivity index (χ1v) is 5.36. The van der Waals surface area contributed by atoms with Gasteiger partial charge < -0.3 is 10.2 Å². The number of amides is 1. The molecule has 2 aliphatic heterocycles. The number of likely N-dealkylation sites (tertiary alicyclic amines) is 1. The molecule has 3 atom stereocenters. The van der Waals surface area contributed by atoms with E-state index in [0.717, 1.165) is 19.5 Å². The molecule has 2 heterocycles. The van der Waals surface area contributed by atoms with Crippen LogP contribution in [0.25, 0.3) is 0 Å². The highest BCUT2D eigenvalue weighted by Crippen LogP contribution is 2.32. The van der Waals surface area contributed by atoms with E-state index in [4.69, 9.17) is 0 Å². The Morgan fingerprint density at radius 3 is 3.14 bits per heavy atom. The van der Waals surface area contributed by atoms with Gasteiger partial charge in [0.15, 0.2) is 0 Å². The lowest BCUT2D eigenvalue weighted by atomic mass is 10.0. The molecule has 3 unspecified atom stereocenters. The van der Waals surface area contributed by atoms with Crippen molar-refractivity contribution in [3.63, 3.8) is 0 Å². The van der Waals surface area contributed by atoms with E-state index in [-0.39, 0.29) is 5.91 Å². The van der Waals surface area contributed by atoms with Crippen molar-refractivity contribution >= 4 is 5.91 Å². The lowest BCUT2D eigenvalue weighted by Crippen LogP contribution is -2.42. The quantitative estimate of drug-likeness (QED) is 0.659. The zero-order valence-electron chi connectivity index (χ0n) is 8.70. The summed E-state index contributed by atoms with van der Waals surface area (Å²) in [7, 11) is 0. The molecule has 78 valence electrons. The summed E-state index contributed by atoms with van der Waals surface area (Å²) in [6, 6.07) is 0.858. The van der Waals surface area contributed by atoms with E-state index in [9.17, 15) is 4.79 Å². The first kappa shape index (κ1) is 9.71. The molecule has 3 nitrogen and oxygen atoms in total. The molecule has 14 heavy (non-hydrogen) atoms. The van der Waals surface area contributed by atoms with Gasteiger partial charge in [-0.1, -0.05) is 6.08 Å². The smallest absolute Gasteiger partial charge is 0.226 e. The Morgan fingerprint density at radius 1 is 1.64 bits per heavy atom. The van der Waals surface area contributed by atoms with E-state index < -0.39 is 0 Å². The number of hydrogen-bond acceptors (Lipinski definition) is 2. The summed E-state index contributed by atoms with van der Waals surface area (Å²) in [5.41, 5.74) is 0. The fourth-order valence-electron chi connectivity index (χ4n) is 2.82. The molecule has 1 amide bonds. The van der Waals surface area contributed by atoms with Crippen LogP contribution in [-0.4, -0.2) is 36.0 Å². The fraction of sp³-hybridized carbons (Fsp3) is 0.727. The average molecular weight is 194 g/mol. The Labute approximate surface area is 85.2 Å². The van der Waals surface area contributed by atoms with Crippen LogP contribution in [0.15, 0.2) is 12.7 Å². The van der Waals surface area contributed by atoms with Crippen molar-refractivity contribution in [2.45, 2.75) is 31.8 Å². The Kier molecular flexibility index (Phi) is 2.59. The monoisotopic (exact) mass is 194 g/mol. The molecule has 0 bridgehead atoms. The third kappa shape index (κ3) is 1.46. The zero-order valence-corrected chi connectivity index (χ0v) is 8.70. The maximum atomic E-state index is 11.8. The predicted molar refractivity (Wildman–Crippen MR) is 55.9 cm³/mol. The van der Waals surface area contributed by atoms with Crippen molar-refractivity contribution in [3.8, 4) is 0 Å². The Bertz CT molecular complexity index is 252. The molecule has 0 aromatic heterocycles. The highest BCUT2D eigenvalue weighted by atomic mass is 16.2. The van der Waals surface area contributed by atoms with Gasteiger partial charge in [0, 0.05) is 31.6 Å². The van der Waals surface area contributed by atoms with Crippen molar-refractivity contribution < 1.29 is 4.79 Å². The summed E-state index contributed by atoms with van der Waals surface area (Å²) < 4.78 is 0. The third-order valence-electron chi connectivity index (χ3n) is 3.39. The Hall–Kier alpha value is -0.830. The number of rotatable bonds is 2. The minimum Gasteiger partial charge on any atom is -0.335 e. The van der Waals surface area contributed by atoms with E-state index in [1.165, 1.54) is 0 Å². The van der Waals surface area contributed by atoms with Crippen molar-refractivity contribution in [3.05, 3.63) is 12.7 Å². The molecule has 2 saturated heterocycles. The summed E-state index contributed by atoms with van der Waals surface area (Å²) >= 11 is 0. The molecule has 0 aromatic rings. The topological polar surface area (TPSA) is 32.3 Å². The summed E-state index contributed by atoms with van der Waals surface area (Å²) in [6.45, 7) is 7.82. The molecule has 2 aliphatic rings. The molecule has 0 spiro atoms. The lowest BCUT2D eigenvalue weighted by Gasteiger charge is -2.27. The van der Waals surface area contributed by atoms with Crippen LogP contribution >= 0.6 is 0 Å². The van der Waals surface area contributed by atoms with Crippen LogP contribution in [0, 0.1) is 5.92 Å². The van der Waals surface area contributed by atoms with Gasteiger partial charge in [0.2, 0.25) is 5.91 Å². The number of nitrogens with one attached hydrogen (secondary N) is 1. The van der Waals surface area contributed by atoms with E-state index in [1.54, 1.807) is 6.08 Å². The molecule has 0 saturated carbocycles. The standard InChI is InChI=1S/C11H18N2O/c1-3-4-11(14)13-8(2)5-9-6-12-7-10(9)13/h3,8-10,12H,1,4-7H2,2H3. The van der Waals surface area contributed by atoms with Gasteiger partial charge in [0.25, 0.3) is 0 Å². The highest BCUT2D eigenvalue weighted by Gasteiger charge is 2.43. The number of fused-ring (bicyclic) bond motifs is 1. The summed E-state index contributed by atoms with van der Waals surface area (Å²) in [4.78, 5) is 13.9. The number of carbonyl (C=O) groups is 1. The average Bonchev–Trinajstić information content (AvgIpc) is 2.63. The van der Waals surface area contributed by atoms with Crippen LogP contribution in [0.3, 0.4) is 0 Å². The second-order valence-electron chi connectivity index (χ2n) is 4.36. The van der Waals surface area contributed by atoms with Gasteiger partial charge in [-0.05, 0) is 19.3 Å². The largest absolute Gasteiger partial charge is 0.335 e. The summed E-state index contributed by atoms with van der Waals surface area (Å²) in [6.07, 6.45) is 3.33. The minimum absolute atomic E-state index is 0.240. The zero-order chi connectivity index (χ0) is 10.1. The molecular weight excluding hydrogens is 176 g/mol. The van der Waals surface area contributed by atoms with Gasteiger partial charge in [0.05, 0.1) is 0 Å². The molecule has 0 radical (unpaired) electrons. The Morgan fingerprint density at radius 2 is 2.43 bits per heavy atom. The second-order valence-corrected chi connectivity index (χ2v) is 4.36. The number of nitrogens with zero attached hydrogens (tertiary/aromatic N) is 1. The van der Waals surface area contributed by atoms with Crippen LogP contribution in [0.1, 0.15) is 19.8 Å². The summed E-state index contributed by atoms with van der Waals surface area (Å²) in [5.74, 6) is 0.919. The van der Waals surface area contributed by atoms with Crippen LogP contribution in [0.2, 0.25) is 0 Å². The molecule has 2 rings (SSSR count). The maximum Gasteiger partial charge on any atom is 0.226 e. The predicted octanol–water partition coefficient (Wildman–Crippen LogP) is 0.771. The molecule has 0 aliphatic carbocycles. The first-order valence-electron chi connectivity index (χ1n) is 5.36. The Balaban J connectivity index is 2.08. The third-order valence-corrected chi connectivity index (χ3v) is 3.39. The number of hydrogen-bond donors (Lipinski definition) is 1. The lowest BCUT2D eigenvalue weighted by molar-refractivity contribution is -0.132. The van der Waals surface area contributed by atoms with Gasteiger partial charge in [-0.15, -0.1) is 6.58 Å². The molecule has 2 fully saturated rings. The van der Waals surface area contributed by atoms with E-state index in [1.807, 2.05) is 0 Å². The molecular formula is C11H18N2O. The highest BCUT2D eigenvalue weighted by molar-refractivity contribution is 5.78. The number of carbonyl (C=O) groups excluding carboxylic acids is 1. The van der Waals surface area contributed by atoms with Crippen LogP contribution in [0.4, 0.5) is 0 Å². The van der Waals surface area contributed by atoms with E-state index in [0.29, 0.717) is 24.4 Å². The van der Waals surface area contributed by atoms with Crippen molar-refractivity contribution in [2.75, 3.05) is 13.1 Å². The minimum atomic E-state index is 0.240. The maximum absolute atomic E-state index is 11.8. The van der Waals surface area contributed by atoms with Crippen molar-refractivity contribution in [2.24, 2.45) is 5.92 Å². The molecule has 3 heteroatoms. The van der Waals surface area contributed by atoms with Gasteiger partial charge in [-0.2, -0.15) is 0 Å². The van der Waals surface area contributed by atoms with E-state index >= 15 is 0 Å². The van der Waals surface area contributed by atoms with Crippen molar-refractivity contribution in [1.29, 1.82) is 0 Å². The van der Waals surface area contributed by atoms with Crippen LogP contribution in [0.5, 0.6) is 0 Å². The second kappa shape index (κ2) is 3.73. The van der Waals surface area contributed by atoms with Gasteiger partial charge in [-0.25, -0.2) is 0 Å². The molecule has 1 N–H and O–H groups in total. The normalized spacial score (nSPS) is 35.8. The summed E-state index contributed by atoms with van der Waals surface area (Å²) in [5, 5.41) is 3.35. The van der Waals surface area contributed by atoms with Crippen LogP contribution < -0.4 is 5.32 Å². The van der Waals surface area contributed by atoms with Gasteiger partial charge >= 0.3 is 0 Å². The van der Waals surface area contributed by atoms with Crippen LogP contribution in [-0.2, 0) is 4.79 Å². The SMILES string of the molecule is C=CCC(=O)N1C(C)CC2CNCC21. The fourth-order valence-corrected chi connectivity index (χ4v) is 2.82. The van der Waals surface area contributed by atoms with Gasteiger partial charge in [0.1, 0.15) is 0 Å². The van der Waals surface area contributed by atoms with Crippen molar-refractivity contribution in [1.82, 2.24) is 10.2 Å².